The molecule has 0 saturated carbocycles. The molecule has 0 bridgehead atoms. The van der Waals surface area contributed by atoms with Crippen LogP contribution in [0.5, 0.6) is 0 Å². The summed E-state index contributed by atoms with van der Waals surface area (Å²) in [5.74, 6) is 9.10. The fourth-order valence-corrected chi connectivity index (χ4v) is 2.55. The Morgan fingerprint density at radius 2 is 1.96 bits per heavy atom. The van der Waals surface area contributed by atoms with Crippen molar-refractivity contribution in [3.8, 4) is 23.7 Å². The van der Waals surface area contributed by atoms with Crippen LogP contribution in [0, 0.1) is 23.7 Å². The number of amides is 2. The minimum atomic E-state index is -4.90. The van der Waals surface area contributed by atoms with Gasteiger partial charge in [0.25, 0.3) is 0 Å². The van der Waals surface area contributed by atoms with E-state index in [4.69, 9.17) is 11.6 Å². The Labute approximate surface area is 151 Å². The normalized spacial score (nSPS) is 18.2. The number of nitrogens with one attached hydrogen (secondary N) is 2. The molecule has 1 aromatic heterocycles. The number of hydrogen-bond acceptors (Lipinski definition) is 2. The molecule has 0 saturated heterocycles. The van der Waals surface area contributed by atoms with Crippen LogP contribution in [-0.2, 0) is 5.54 Å². The molecule has 2 amide bonds. The lowest BCUT2D eigenvalue weighted by Crippen LogP contribution is -2.59. The summed E-state index contributed by atoms with van der Waals surface area (Å²) in [6, 6.07) is 7.71. The van der Waals surface area contributed by atoms with Gasteiger partial charge in [-0.3, -0.25) is 0 Å². The predicted molar refractivity (Wildman–Crippen MR) is 90.2 cm³/mol. The Hall–Kier alpha value is -3.16. The van der Waals surface area contributed by atoms with E-state index in [1.54, 1.807) is 18.2 Å². The number of rotatable bonds is 0. The molecule has 2 heterocycles. The van der Waals surface area contributed by atoms with Gasteiger partial charge in [-0.15, -0.1) is 0 Å². The van der Waals surface area contributed by atoms with Crippen molar-refractivity contribution in [2.24, 2.45) is 0 Å². The second-order valence-electron chi connectivity index (χ2n) is 5.23. The van der Waals surface area contributed by atoms with E-state index in [1.807, 2.05) is 5.32 Å². The summed E-state index contributed by atoms with van der Waals surface area (Å²) < 4.78 is 41.6. The number of nitrogens with zero attached hydrogens (tertiary/aromatic N) is 1. The van der Waals surface area contributed by atoms with Crippen molar-refractivity contribution in [1.29, 1.82) is 0 Å². The van der Waals surface area contributed by atoms with Gasteiger partial charge >= 0.3 is 12.2 Å². The summed E-state index contributed by atoms with van der Waals surface area (Å²) in [7, 11) is 0. The van der Waals surface area contributed by atoms with Crippen LogP contribution in [0.3, 0.4) is 0 Å². The van der Waals surface area contributed by atoms with E-state index in [-0.39, 0.29) is 16.3 Å². The van der Waals surface area contributed by atoms with Gasteiger partial charge in [-0.05, 0) is 54.0 Å². The van der Waals surface area contributed by atoms with Crippen LogP contribution in [0.4, 0.5) is 23.7 Å². The molecule has 1 aromatic carbocycles. The molecule has 0 spiro atoms. The van der Waals surface area contributed by atoms with Gasteiger partial charge in [0.15, 0.2) is 0 Å². The number of halogens is 4. The maximum Gasteiger partial charge on any atom is 0.427 e. The zero-order valence-corrected chi connectivity index (χ0v) is 13.7. The van der Waals surface area contributed by atoms with Gasteiger partial charge in [-0.2, -0.15) is 13.2 Å². The Balaban J connectivity index is 2.11. The van der Waals surface area contributed by atoms with E-state index in [2.05, 4.69) is 34.0 Å². The third-order valence-corrected chi connectivity index (χ3v) is 3.76. The second-order valence-corrected chi connectivity index (χ2v) is 5.67. The average molecular weight is 376 g/mol. The number of carbonyl (C=O) groups excluding carboxylic acids is 1. The average Bonchev–Trinajstić information content (AvgIpc) is 2.59. The van der Waals surface area contributed by atoms with Gasteiger partial charge in [0, 0.05) is 22.5 Å². The zero-order valence-electron chi connectivity index (χ0n) is 12.9. The molecule has 8 heteroatoms. The molecule has 130 valence electrons. The Morgan fingerprint density at radius 3 is 2.65 bits per heavy atom. The highest BCUT2D eigenvalue weighted by Crippen LogP contribution is 2.44. The van der Waals surface area contributed by atoms with Crippen molar-refractivity contribution in [2.75, 3.05) is 5.32 Å². The molecule has 0 radical (unpaired) electrons. The molecule has 0 unspecified atom stereocenters. The summed E-state index contributed by atoms with van der Waals surface area (Å²) in [5.41, 5.74) is -2.89. The van der Waals surface area contributed by atoms with Crippen molar-refractivity contribution in [1.82, 2.24) is 10.3 Å². The highest BCUT2D eigenvalue weighted by Gasteiger charge is 2.59. The van der Waals surface area contributed by atoms with E-state index in [9.17, 15) is 18.0 Å². The number of fused-ring (bicyclic) bond motifs is 1. The fourth-order valence-electron chi connectivity index (χ4n) is 2.38. The molecule has 1 aliphatic rings. The Morgan fingerprint density at radius 1 is 1.15 bits per heavy atom. The summed E-state index contributed by atoms with van der Waals surface area (Å²) in [6.45, 7) is 0. The third kappa shape index (κ3) is 3.30. The topological polar surface area (TPSA) is 54.0 Å². The lowest BCUT2D eigenvalue weighted by molar-refractivity contribution is -0.178. The van der Waals surface area contributed by atoms with E-state index in [1.165, 1.54) is 18.3 Å². The number of anilines is 1. The van der Waals surface area contributed by atoms with Gasteiger partial charge < -0.3 is 10.6 Å². The second kappa shape index (κ2) is 6.62. The lowest BCUT2D eigenvalue weighted by Gasteiger charge is -2.37. The monoisotopic (exact) mass is 375 g/mol. The SMILES string of the molecule is O=C1Nc2ccc(Cl)cc2[C@@](C#CC#Cc2ccccn2)(C(F)(F)F)N1. The summed E-state index contributed by atoms with van der Waals surface area (Å²) in [4.78, 5) is 15.7. The first-order valence-corrected chi connectivity index (χ1v) is 7.60. The minimum absolute atomic E-state index is 0.0255. The van der Waals surface area contributed by atoms with Crippen molar-refractivity contribution in [2.45, 2.75) is 11.7 Å². The largest absolute Gasteiger partial charge is 0.427 e. The Kier molecular flexibility index (Phi) is 4.50. The fraction of sp³-hybridized carbons (Fsp3) is 0.111. The first kappa shape index (κ1) is 17.7. The quantitative estimate of drug-likeness (QED) is 0.690. The summed E-state index contributed by atoms with van der Waals surface area (Å²) in [6.07, 6.45) is -3.40. The molecule has 1 aliphatic heterocycles. The summed E-state index contributed by atoms with van der Waals surface area (Å²) in [5, 5.41) is 4.25. The van der Waals surface area contributed by atoms with Gasteiger partial charge in [0.05, 0.1) is 0 Å². The first-order chi connectivity index (χ1) is 12.3. The van der Waals surface area contributed by atoms with Gasteiger partial charge in [0.1, 0.15) is 5.69 Å². The minimum Gasteiger partial charge on any atom is -0.310 e. The number of hydrogen-bond donors (Lipinski definition) is 2. The molecule has 3 rings (SSSR count). The lowest BCUT2D eigenvalue weighted by atomic mass is 9.86. The predicted octanol–water partition coefficient (Wildman–Crippen LogP) is 3.68. The van der Waals surface area contributed by atoms with Crippen LogP contribution in [0.1, 0.15) is 11.3 Å². The van der Waals surface area contributed by atoms with Crippen LogP contribution in [0.25, 0.3) is 0 Å². The first-order valence-electron chi connectivity index (χ1n) is 7.22. The molecule has 4 nitrogen and oxygen atoms in total. The van der Waals surface area contributed by atoms with E-state index in [0.717, 1.165) is 6.07 Å². The van der Waals surface area contributed by atoms with Crippen LogP contribution in [0.15, 0.2) is 42.6 Å². The molecule has 1 atom stereocenters. The van der Waals surface area contributed by atoms with Gasteiger partial charge in [-0.1, -0.05) is 17.7 Å². The van der Waals surface area contributed by atoms with Crippen molar-refractivity contribution >= 4 is 23.3 Å². The number of aromatic nitrogens is 1. The van der Waals surface area contributed by atoms with Gasteiger partial charge in [0.2, 0.25) is 5.54 Å². The van der Waals surface area contributed by atoms with E-state index >= 15 is 0 Å². The molecule has 2 N–H and O–H groups in total. The van der Waals surface area contributed by atoms with Crippen molar-refractivity contribution in [3.05, 3.63) is 58.9 Å². The highest BCUT2D eigenvalue weighted by molar-refractivity contribution is 6.30. The molecular weight excluding hydrogens is 367 g/mol. The molecular formula is C18H9ClF3N3O. The maximum absolute atomic E-state index is 13.9. The van der Waals surface area contributed by atoms with Crippen LogP contribution in [-0.4, -0.2) is 17.2 Å². The van der Waals surface area contributed by atoms with Crippen molar-refractivity contribution < 1.29 is 18.0 Å². The highest BCUT2D eigenvalue weighted by atomic mass is 35.5. The number of urea groups is 1. The number of benzene rings is 1. The van der Waals surface area contributed by atoms with Crippen molar-refractivity contribution in [3.63, 3.8) is 0 Å². The summed E-state index contributed by atoms with van der Waals surface area (Å²) >= 11 is 5.84. The molecule has 0 fully saturated rings. The van der Waals surface area contributed by atoms with Gasteiger partial charge in [-0.25, -0.2) is 9.78 Å². The number of alkyl halides is 3. The van der Waals surface area contributed by atoms with E-state index in [0.29, 0.717) is 5.69 Å². The third-order valence-electron chi connectivity index (χ3n) is 3.53. The standard InChI is InChI=1S/C18H9ClF3N3O/c19-12-7-8-15-14(11-12)17(18(20,21)22,25-16(26)24-15)9-3-1-5-13-6-2-4-10-23-13/h2,4,6-8,10-11H,(H2,24,25,26)/t17-/m0/s1. The number of pyridine rings is 1. The molecule has 2 aromatic rings. The van der Waals surface area contributed by atoms with Crippen LogP contribution in [0.2, 0.25) is 5.02 Å². The van der Waals surface area contributed by atoms with Crippen LogP contribution >= 0.6 is 11.6 Å². The van der Waals surface area contributed by atoms with E-state index < -0.39 is 17.7 Å². The molecule has 0 aliphatic carbocycles. The van der Waals surface area contributed by atoms with Crippen LogP contribution < -0.4 is 10.6 Å². The zero-order chi connectivity index (χ0) is 18.8. The molecule has 26 heavy (non-hydrogen) atoms. The Bertz CT molecular complexity index is 984. The number of carbonyl (C=O) groups is 1. The smallest absolute Gasteiger partial charge is 0.310 e. The maximum atomic E-state index is 13.9.